The van der Waals surface area contributed by atoms with Crippen LogP contribution in [0.25, 0.3) is 0 Å². The third-order valence-electron chi connectivity index (χ3n) is 5.81. The first-order valence-corrected chi connectivity index (χ1v) is 10.3. The second kappa shape index (κ2) is 8.22. The predicted octanol–water partition coefficient (Wildman–Crippen LogP) is 2.61. The van der Waals surface area contributed by atoms with Gasteiger partial charge in [0, 0.05) is 24.3 Å². The number of carbonyl (C=O) groups is 4. The molecule has 1 unspecified atom stereocenters. The summed E-state index contributed by atoms with van der Waals surface area (Å²) in [6, 6.07) is 15.4. The molecule has 2 aromatic rings. The van der Waals surface area contributed by atoms with Gasteiger partial charge in [0.05, 0.1) is 0 Å². The molecule has 2 aliphatic heterocycles. The molecule has 2 heterocycles. The average molecular weight is 420 g/mol. The first-order valence-electron chi connectivity index (χ1n) is 10.3. The van der Waals surface area contributed by atoms with Crippen LogP contribution >= 0.6 is 0 Å². The van der Waals surface area contributed by atoms with E-state index < -0.39 is 23.4 Å². The minimum absolute atomic E-state index is 0.0909. The fourth-order valence-corrected chi connectivity index (χ4v) is 4.12. The Kier molecular flexibility index (Phi) is 5.46. The largest absolute Gasteiger partial charge is 0.325 e. The van der Waals surface area contributed by atoms with Gasteiger partial charge in [0.2, 0.25) is 11.8 Å². The highest BCUT2D eigenvalue weighted by Crippen LogP contribution is 2.32. The van der Waals surface area contributed by atoms with E-state index in [0.29, 0.717) is 30.6 Å². The van der Waals surface area contributed by atoms with Crippen molar-refractivity contribution in [2.24, 2.45) is 0 Å². The van der Waals surface area contributed by atoms with Crippen molar-refractivity contribution in [1.29, 1.82) is 0 Å². The molecule has 0 spiro atoms. The summed E-state index contributed by atoms with van der Waals surface area (Å²) in [5.74, 6) is -0.828. The zero-order chi connectivity index (χ0) is 22.0. The molecule has 31 heavy (non-hydrogen) atoms. The third kappa shape index (κ3) is 3.76. The maximum atomic E-state index is 13.1. The monoisotopic (exact) mass is 420 g/mol. The van der Waals surface area contributed by atoms with Gasteiger partial charge in [-0.3, -0.25) is 19.3 Å². The van der Waals surface area contributed by atoms with Gasteiger partial charge in [-0.15, -0.1) is 0 Å². The summed E-state index contributed by atoms with van der Waals surface area (Å²) in [5.41, 5.74) is 0.830. The van der Waals surface area contributed by atoms with E-state index in [1.165, 1.54) is 0 Å². The van der Waals surface area contributed by atoms with Crippen LogP contribution in [0, 0.1) is 0 Å². The van der Waals surface area contributed by atoms with E-state index in [0.717, 1.165) is 17.0 Å². The predicted molar refractivity (Wildman–Crippen MR) is 115 cm³/mol. The zero-order valence-electron chi connectivity index (χ0n) is 17.3. The van der Waals surface area contributed by atoms with Gasteiger partial charge in [0.15, 0.2) is 0 Å². The van der Waals surface area contributed by atoms with Crippen LogP contribution in [-0.2, 0) is 19.9 Å². The van der Waals surface area contributed by atoms with E-state index in [4.69, 9.17) is 0 Å². The Hall–Kier alpha value is -3.68. The fourth-order valence-electron chi connectivity index (χ4n) is 4.12. The van der Waals surface area contributed by atoms with Gasteiger partial charge in [0.25, 0.3) is 5.91 Å². The summed E-state index contributed by atoms with van der Waals surface area (Å²) in [6.45, 7) is 2.13. The summed E-state index contributed by atoms with van der Waals surface area (Å²) in [7, 11) is 0. The minimum atomic E-state index is -1.16. The number of hydrogen-bond acceptors (Lipinski definition) is 4. The number of nitrogens with one attached hydrogen (secondary N) is 2. The minimum Gasteiger partial charge on any atom is -0.325 e. The molecule has 0 bridgehead atoms. The lowest BCUT2D eigenvalue weighted by molar-refractivity contribution is -0.134. The molecule has 160 valence electrons. The Bertz CT molecular complexity index is 1020. The Labute approximate surface area is 180 Å². The highest BCUT2D eigenvalue weighted by Gasteiger charge is 2.51. The van der Waals surface area contributed by atoms with Crippen LogP contribution in [0.3, 0.4) is 0 Å². The molecule has 0 aromatic heterocycles. The van der Waals surface area contributed by atoms with Crippen LogP contribution in [0.5, 0.6) is 0 Å². The number of carbonyl (C=O) groups excluding carboxylic acids is 4. The number of urea groups is 1. The Morgan fingerprint density at radius 3 is 2.39 bits per heavy atom. The number of imide groups is 1. The lowest BCUT2D eigenvalue weighted by Crippen LogP contribution is -2.44. The molecule has 2 aliphatic rings. The fraction of sp³-hybridized carbons (Fsp3) is 0.304. The molecule has 8 nitrogen and oxygen atoms in total. The van der Waals surface area contributed by atoms with Crippen molar-refractivity contribution in [3.05, 3.63) is 60.2 Å². The molecule has 5 amide bonds. The topological polar surface area (TPSA) is 98.8 Å². The quantitative estimate of drug-likeness (QED) is 0.702. The normalized spacial score (nSPS) is 20.9. The van der Waals surface area contributed by atoms with Crippen molar-refractivity contribution >= 4 is 35.1 Å². The van der Waals surface area contributed by atoms with E-state index >= 15 is 0 Å². The molecule has 8 heteroatoms. The average Bonchev–Trinajstić information content (AvgIpc) is 3.31. The summed E-state index contributed by atoms with van der Waals surface area (Å²) in [6.07, 6.45) is 1.76. The third-order valence-corrected chi connectivity index (χ3v) is 5.81. The van der Waals surface area contributed by atoms with E-state index in [1.54, 1.807) is 53.4 Å². The Balaban J connectivity index is 1.43. The van der Waals surface area contributed by atoms with Crippen LogP contribution in [-0.4, -0.2) is 41.7 Å². The summed E-state index contributed by atoms with van der Waals surface area (Å²) < 4.78 is 0. The van der Waals surface area contributed by atoms with E-state index in [9.17, 15) is 19.2 Å². The van der Waals surface area contributed by atoms with Crippen molar-refractivity contribution in [3.8, 4) is 0 Å². The zero-order valence-corrected chi connectivity index (χ0v) is 17.3. The first-order chi connectivity index (χ1) is 14.9. The molecule has 4 rings (SSSR count). The van der Waals surface area contributed by atoms with E-state index in [1.807, 2.05) is 13.0 Å². The second-order valence-electron chi connectivity index (χ2n) is 7.69. The number of benzene rings is 2. The summed E-state index contributed by atoms with van der Waals surface area (Å²) in [4.78, 5) is 52.7. The van der Waals surface area contributed by atoms with E-state index in [2.05, 4.69) is 10.6 Å². The lowest BCUT2D eigenvalue weighted by atomic mass is 9.87. The molecule has 0 saturated carbocycles. The van der Waals surface area contributed by atoms with Gasteiger partial charge in [-0.2, -0.15) is 0 Å². The standard InChI is InChI=1S/C23H24N4O4/c1-2-23(16-7-4-3-5-8-16)21(30)27(22(31)25-23)15-19(28)24-17-10-12-18(13-11-17)26-14-6-9-20(26)29/h3-5,7-8,10-13H,2,6,9,14-15H2,1H3,(H,24,28)(H,25,31). The first kappa shape index (κ1) is 20.6. The van der Waals surface area contributed by atoms with Crippen LogP contribution in [0.15, 0.2) is 54.6 Å². The maximum absolute atomic E-state index is 13.1. The lowest BCUT2D eigenvalue weighted by Gasteiger charge is -2.25. The van der Waals surface area contributed by atoms with Gasteiger partial charge in [-0.25, -0.2) is 4.79 Å². The smallest absolute Gasteiger partial charge is 0.325 e. The molecular weight excluding hydrogens is 396 g/mol. The highest BCUT2D eigenvalue weighted by molar-refractivity contribution is 6.10. The highest BCUT2D eigenvalue weighted by atomic mass is 16.2. The van der Waals surface area contributed by atoms with Crippen LogP contribution < -0.4 is 15.5 Å². The van der Waals surface area contributed by atoms with Crippen molar-refractivity contribution in [3.63, 3.8) is 0 Å². The van der Waals surface area contributed by atoms with Crippen molar-refractivity contribution in [2.75, 3.05) is 23.3 Å². The molecule has 2 saturated heterocycles. The number of amides is 5. The number of anilines is 2. The second-order valence-corrected chi connectivity index (χ2v) is 7.69. The molecular formula is C23H24N4O4. The molecule has 2 aromatic carbocycles. The SMILES string of the molecule is CCC1(c2ccccc2)NC(=O)N(CC(=O)Nc2ccc(N3CCCC3=O)cc2)C1=O. The molecule has 1 atom stereocenters. The maximum Gasteiger partial charge on any atom is 0.325 e. The van der Waals surface area contributed by atoms with E-state index in [-0.39, 0.29) is 12.5 Å². The van der Waals surface area contributed by atoms with Crippen LogP contribution in [0.1, 0.15) is 31.7 Å². The molecule has 0 radical (unpaired) electrons. The van der Waals surface area contributed by atoms with Gasteiger partial charge in [0.1, 0.15) is 12.1 Å². The van der Waals surface area contributed by atoms with Gasteiger partial charge in [-0.1, -0.05) is 37.3 Å². The number of hydrogen-bond donors (Lipinski definition) is 2. The van der Waals surface area contributed by atoms with Crippen LogP contribution in [0.4, 0.5) is 16.2 Å². The Morgan fingerprint density at radius 1 is 1.06 bits per heavy atom. The summed E-state index contributed by atoms with van der Waals surface area (Å²) >= 11 is 0. The van der Waals surface area contributed by atoms with Crippen molar-refractivity contribution in [2.45, 2.75) is 31.7 Å². The van der Waals surface area contributed by atoms with Gasteiger partial charge >= 0.3 is 6.03 Å². The van der Waals surface area contributed by atoms with Crippen LogP contribution in [0.2, 0.25) is 0 Å². The summed E-state index contributed by atoms with van der Waals surface area (Å²) in [5, 5.41) is 5.47. The van der Waals surface area contributed by atoms with Crippen molar-refractivity contribution < 1.29 is 19.2 Å². The van der Waals surface area contributed by atoms with Gasteiger partial charge < -0.3 is 15.5 Å². The van der Waals surface area contributed by atoms with Gasteiger partial charge in [-0.05, 0) is 42.7 Å². The molecule has 2 fully saturated rings. The molecule has 0 aliphatic carbocycles. The number of rotatable bonds is 6. The Morgan fingerprint density at radius 2 is 1.77 bits per heavy atom. The van der Waals surface area contributed by atoms with Crippen molar-refractivity contribution in [1.82, 2.24) is 10.2 Å². The number of nitrogens with zero attached hydrogens (tertiary/aromatic N) is 2. The molecule has 2 N–H and O–H groups in total.